The van der Waals surface area contributed by atoms with Gasteiger partial charge in [0.2, 0.25) is 0 Å². The van der Waals surface area contributed by atoms with Crippen molar-refractivity contribution in [1.82, 2.24) is 0 Å². The van der Waals surface area contributed by atoms with Crippen molar-refractivity contribution < 1.29 is 23.1 Å². The van der Waals surface area contributed by atoms with Crippen molar-refractivity contribution >= 4 is 5.78 Å². The Morgan fingerprint density at radius 2 is 2.07 bits per heavy atom. The van der Waals surface area contributed by atoms with Crippen LogP contribution in [0.2, 0.25) is 0 Å². The molecule has 0 fully saturated rings. The van der Waals surface area contributed by atoms with E-state index in [1.165, 1.54) is 0 Å². The third kappa shape index (κ3) is 5.37. The number of aliphatic hydroxyl groups excluding tert-OH is 1. The molecular formula is C10H13F3O2. The molecule has 0 aliphatic carbocycles. The average molecular weight is 222 g/mol. The molecular weight excluding hydrogens is 209 g/mol. The summed E-state index contributed by atoms with van der Waals surface area (Å²) in [5, 5.41) is 9.02. The maximum atomic E-state index is 12.3. The molecule has 0 aliphatic rings. The molecule has 0 aromatic rings. The fourth-order valence-electron chi connectivity index (χ4n) is 0.890. The third-order valence-corrected chi connectivity index (χ3v) is 1.79. The van der Waals surface area contributed by atoms with Gasteiger partial charge in [-0.2, -0.15) is 13.2 Å². The molecule has 0 saturated carbocycles. The highest BCUT2D eigenvalue weighted by Crippen LogP contribution is 2.28. The first-order valence-electron chi connectivity index (χ1n) is 4.34. The Kier molecular flexibility index (Phi) is 5.28. The van der Waals surface area contributed by atoms with Crippen LogP contribution in [0.4, 0.5) is 13.2 Å². The Hall–Kier alpha value is -1.10. The van der Waals surface area contributed by atoms with Crippen molar-refractivity contribution in [3.05, 3.63) is 24.3 Å². The Morgan fingerprint density at radius 1 is 1.53 bits per heavy atom. The van der Waals surface area contributed by atoms with Gasteiger partial charge in [-0.15, -0.1) is 6.58 Å². The van der Waals surface area contributed by atoms with E-state index in [0.29, 0.717) is 0 Å². The monoisotopic (exact) mass is 222 g/mol. The van der Waals surface area contributed by atoms with Crippen molar-refractivity contribution in [2.45, 2.75) is 32.0 Å². The third-order valence-electron chi connectivity index (χ3n) is 1.79. The van der Waals surface area contributed by atoms with Crippen LogP contribution in [0.15, 0.2) is 24.3 Å². The van der Waals surface area contributed by atoms with Crippen molar-refractivity contribution in [2.75, 3.05) is 0 Å². The number of Topliss-reactive ketones (excluding diaryl/α,β-unsaturated/α-hetero) is 1. The Labute approximate surface area is 86.1 Å². The minimum atomic E-state index is -4.44. The number of halogens is 3. The van der Waals surface area contributed by atoms with E-state index in [-0.39, 0.29) is 12.8 Å². The standard InChI is InChI=1S/C10H13F3O2/c1-3-4-8(10(11,12)13)5-6-9(15)7(2)14/h3,5,9,15H,1,4,6H2,2H3. The lowest BCUT2D eigenvalue weighted by Gasteiger charge is -2.10. The zero-order valence-electron chi connectivity index (χ0n) is 8.34. The summed E-state index contributed by atoms with van der Waals surface area (Å²) in [5.41, 5.74) is -0.794. The first-order chi connectivity index (χ1) is 6.79. The Bertz CT molecular complexity index is 266. The largest absolute Gasteiger partial charge is 0.412 e. The van der Waals surface area contributed by atoms with Crippen LogP contribution in [-0.4, -0.2) is 23.2 Å². The second kappa shape index (κ2) is 5.70. The highest BCUT2D eigenvalue weighted by molar-refractivity contribution is 5.80. The van der Waals surface area contributed by atoms with Crippen LogP contribution in [0.5, 0.6) is 0 Å². The smallest absolute Gasteiger partial charge is 0.385 e. The number of carbonyl (C=O) groups is 1. The molecule has 2 nitrogen and oxygen atoms in total. The van der Waals surface area contributed by atoms with E-state index in [1.54, 1.807) is 0 Å². The summed E-state index contributed by atoms with van der Waals surface area (Å²) in [5.74, 6) is -0.550. The molecule has 0 rings (SSSR count). The highest BCUT2D eigenvalue weighted by Gasteiger charge is 2.32. The first-order valence-corrected chi connectivity index (χ1v) is 4.34. The van der Waals surface area contributed by atoms with Gasteiger partial charge in [-0.25, -0.2) is 0 Å². The number of hydrogen-bond donors (Lipinski definition) is 1. The van der Waals surface area contributed by atoms with Crippen LogP contribution in [0.3, 0.4) is 0 Å². The van der Waals surface area contributed by atoms with Crippen molar-refractivity contribution in [2.24, 2.45) is 0 Å². The van der Waals surface area contributed by atoms with Crippen molar-refractivity contribution in [3.63, 3.8) is 0 Å². The van der Waals surface area contributed by atoms with Crippen LogP contribution < -0.4 is 0 Å². The molecule has 5 heteroatoms. The lowest BCUT2D eigenvalue weighted by Crippen LogP contribution is -2.17. The molecule has 0 saturated heterocycles. The highest BCUT2D eigenvalue weighted by atomic mass is 19.4. The summed E-state index contributed by atoms with van der Waals surface area (Å²) in [7, 11) is 0. The second-order valence-electron chi connectivity index (χ2n) is 3.08. The van der Waals surface area contributed by atoms with E-state index >= 15 is 0 Å². The first kappa shape index (κ1) is 13.9. The van der Waals surface area contributed by atoms with E-state index in [9.17, 15) is 18.0 Å². The van der Waals surface area contributed by atoms with E-state index in [4.69, 9.17) is 5.11 Å². The number of allylic oxidation sites excluding steroid dienone is 2. The maximum Gasteiger partial charge on any atom is 0.412 e. The van der Waals surface area contributed by atoms with Gasteiger partial charge in [-0.3, -0.25) is 4.79 Å². The van der Waals surface area contributed by atoms with Gasteiger partial charge in [0.05, 0.1) is 0 Å². The molecule has 0 bridgehead atoms. The predicted molar refractivity (Wildman–Crippen MR) is 50.3 cm³/mol. The van der Waals surface area contributed by atoms with Gasteiger partial charge in [0.25, 0.3) is 0 Å². The Balaban J connectivity index is 4.56. The molecule has 1 unspecified atom stereocenters. The SMILES string of the molecule is C=CCC(=CCC(O)C(C)=O)C(F)(F)F. The molecule has 0 aromatic carbocycles. The van der Waals surface area contributed by atoms with Crippen LogP contribution >= 0.6 is 0 Å². The van der Waals surface area contributed by atoms with Gasteiger partial charge in [-0.1, -0.05) is 12.2 Å². The summed E-state index contributed by atoms with van der Waals surface area (Å²) >= 11 is 0. The number of hydrogen-bond acceptors (Lipinski definition) is 2. The van der Waals surface area contributed by atoms with Crippen molar-refractivity contribution in [3.8, 4) is 0 Å². The average Bonchev–Trinajstić information content (AvgIpc) is 2.09. The molecule has 1 atom stereocenters. The normalized spacial score (nSPS) is 14.9. The molecule has 0 aromatic heterocycles. The van der Waals surface area contributed by atoms with Crippen LogP contribution in [-0.2, 0) is 4.79 Å². The summed E-state index contributed by atoms with van der Waals surface area (Å²) in [6, 6.07) is 0. The second-order valence-corrected chi connectivity index (χ2v) is 3.08. The number of ketones is 1. The lowest BCUT2D eigenvalue weighted by atomic mass is 10.1. The van der Waals surface area contributed by atoms with Gasteiger partial charge in [0.1, 0.15) is 6.10 Å². The molecule has 0 heterocycles. The molecule has 0 aliphatic heterocycles. The molecule has 1 N–H and O–H groups in total. The molecule has 0 spiro atoms. The zero-order valence-corrected chi connectivity index (χ0v) is 8.34. The fourth-order valence-corrected chi connectivity index (χ4v) is 0.890. The summed E-state index contributed by atoms with van der Waals surface area (Å²) in [6.07, 6.45) is -4.50. The minimum absolute atomic E-state index is 0.321. The van der Waals surface area contributed by atoms with E-state index in [2.05, 4.69) is 6.58 Å². The zero-order chi connectivity index (χ0) is 12.1. The minimum Gasteiger partial charge on any atom is -0.385 e. The number of aliphatic hydroxyl groups is 1. The van der Waals surface area contributed by atoms with E-state index in [1.807, 2.05) is 0 Å². The summed E-state index contributed by atoms with van der Waals surface area (Å²) in [6.45, 7) is 4.33. The van der Waals surface area contributed by atoms with E-state index in [0.717, 1.165) is 19.1 Å². The number of rotatable bonds is 5. The van der Waals surface area contributed by atoms with Gasteiger partial charge in [0, 0.05) is 5.57 Å². The fraction of sp³-hybridized carbons (Fsp3) is 0.500. The Morgan fingerprint density at radius 3 is 2.40 bits per heavy atom. The summed E-state index contributed by atoms with van der Waals surface area (Å²) in [4.78, 5) is 10.6. The van der Waals surface area contributed by atoms with Gasteiger partial charge < -0.3 is 5.11 Å². The molecule has 86 valence electrons. The molecule has 15 heavy (non-hydrogen) atoms. The predicted octanol–water partition coefficient (Wildman–Crippen LogP) is 2.39. The molecule has 0 amide bonds. The van der Waals surface area contributed by atoms with Crippen LogP contribution in [0, 0.1) is 0 Å². The number of carbonyl (C=O) groups excluding carboxylic acids is 1. The topological polar surface area (TPSA) is 37.3 Å². The summed E-state index contributed by atoms with van der Waals surface area (Å²) < 4.78 is 36.8. The lowest BCUT2D eigenvalue weighted by molar-refractivity contribution is -0.124. The van der Waals surface area contributed by atoms with Gasteiger partial charge in [-0.05, 0) is 19.8 Å². The quantitative estimate of drug-likeness (QED) is 0.725. The van der Waals surface area contributed by atoms with Gasteiger partial charge >= 0.3 is 6.18 Å². The van der Waals surface area contributed by atoms with Crippen LogP contribution in [0.1, 0.15) is 19.8 Å². The maximum absolute atomic E-state index is 12.3. The van der Waals surface area contributed by atoms with Gasteiger partial charge in [0.15, 0.2) is 5.78 Å². The van der Waals surface area contributed by atoms with Crippen molar-refractivity contribution in [1.29, 1.82) is 0 Å². The van der Waals surface area contributed by atoms with E-state index < -0.39 is 23.6 Å². The number of alkyl halides is 3. The van der Waals surface area contributed by atoms with Crippen LogP contribution in [0.25, 0.3) is 0 Å². The molecule has 0 radical (unpaired) electrons.